The molecule has 3 N–H and O–H groups in total. The molecule has 2 aromatic rings. The van der Waals surface area contributed by atoms with E-state index in [1.165, 1.54) is 23.1 Å². The molecule has 128 valence electrons. The van der Waals surface area contributed by atoms with Gasteiger partial charge >= 0.3 is 5.51 Å². The molecule has 0 bridgehead atoms. The molecule has 0 aliphatic carbocycles. The molecular weight excluding hydrogens is 379 g/mol. The second-order valence-electron chi connectivity index (χ2n) is 4.82. The quantitative estimate of drug-likeness (QED) is 0.277. The number of anilines is 2. The summed E-state index contributed by atoms with van der Waals surface area (Å²) in [5, 5.41) is 8.00. The molecule has 0 radical (unpaired) electrons. The maximum atomic E-state index is 12.6. The molecule has 2 aromatic carbocycles. The van der Waals surface area contributed by atoms with Gasteiger partial charge in [-0.05, 0) is 48.5 Å². The van der Waals surface area contributed by atoms with Gasteiger partial charge in [-0.1, -0.05) is 23.7 Å². The number of hydrogen-bond acceptors (Lipinski definition) is 3. The van der Waals surface area contributed by atoms with E-state index in [1.807, 2.05) is 13.0 Å². The van der Waals surface area contributed by atoms with E-state index in [4.69, 9.17) is 22.7 Å². The van der Waals surface area contributed by atoms with Gasteiger partial charge in [0.05, 0.1) is 16.4 Å². The number of aryl methyl sites for hydroxylation is 1. The van der Waals surface area contributed by atoms with Crippen LogP contribution in [0.1, 0.15) is 5.56 Å². The van der Waals surface area contributed by atoms with Gasteiger partial charge in [0, 0.05) is 9.79 Å². The molecule has 0 unspecified atom stereocenters. The van der Waals surface area contributed by atoms with E-state index >= 15 is 0 Å². The van der Waals surface area contributed by atoms with Crippen molar-refractivity contribution in [2.75, 3.05) is 4.90 Å². The van der Waals surface area contributed by atoms with Crippen molar-refractivity contribution in [3.05, 3.63) is 47.0 Å². The Bertz CT molecular complexity index is 781. The Morgan fingerprint density at radius 2 is 1.92 bits per heavy atom. The molecule has 0 saturated heterocycles. The van der Waals surface area contributed by atoms with Crippen LogP contribution in [0.15, 0.2) is 46.2 Å². The first kappa shape index (κ1) is 18.8. The lowest BCUT2D eigenvalue weighted by molar-refractivity contribution is -0.0328. The fraction of sp³-hybridized carbons (Fsp3) is 0.133. The number of halogens is 4. The molecule has 9 heteroatoms. The van der Waals surface area contributed by atoms with Crippen LogP contribution in [-0.2, 0) is 0 Å². The number of nitrogens with one attached hydrogen (secondary N) is 1. The Hall–Kier alpha value is -1.51. The lowest BCUT2D eigenvalue weighted by Gasteiger charge is -2.26. The van der Waals surface area contributed by atoms with Crippen LogP contribution in [-0.4, -0.2) is 11.5 Å². The minimum absolute atomic E-state index is 0.0542. The Morgan fingerprint density at radius 1 is 1.25 bits per heavy atom. The zero-order valence-electron chi connectivity index (χ0n) is 12.4. The highest BCUT2D eigenvalue weighted by Crippen LogP contribution is 2.42. The monoisotopic (exact) mass is 391 g/mol. The van der Waals surface area contributed by atoms with Crippen molar-refractivity contribution in [2.24, 2.45) is 5.73 Å². The van der Waals surface area contributed by atoms with Crippen LogP contribution in [0.25, 0.3) is 0 Å². The zero-order chi connectivity index (χ0) is 18.1. The third-order valence-corrected chi connectivity index (χ3v) is 4.71. The lowest BCUT2D eigenvalue weighted by Crippen LogP contribution is -2.33. The molecule has 0 saturated carbocycles. The van der Waals surface area contributed by atoms with E-state index in [2.05, 4.69) is 12.6 Å². The highest BCUT2D eigenvalue weighted by atomic mass is 35.5. The number of hydrogen-bond donors (Lipinski definition) is 3. The van der Waals surface area contributed by atoms with Gasteiger partial charge in [-0.15, -0.1) is 12.6 Å². The van der Waals surface area contributed by atoms with Crippen LogP contribution in [0.3, 0.4) is 0 Å². The molecule has 0 heterocycles. The molecule has 24 heavy (non-hydrogen) atoms. The van der Waals surface area contributed by atoms with Crippen LogP contribution in [0, 0.1) is 12.3 Å². The largest absolute Gasteiger partial charge is 0.446 e. The summed E-state index contributed by atoms with van der Waals surface area (Å²) in [5.41, 5.74) is 2.70. The molecule has 0 fully saturated rings. The van der Waals surface area contributed by atoms with Crippen molar-refractivity contribution in [3.8, 4) is 0 Å². The summed E-state index contributed by atoms with van der Waals surface area (Å²) in [6.07, 6.45) is 0. The van der Waals surface area contributed by atoms with Crippen molar-refractivity contribution in [2.45, 2.75) is 22.2 Å². The summed E-state index contributed by atoms with van der Waals surface area (Å²) in [7, 11) is 0. The minimum atomic E-state index is -4.43. The summed E-state index contributed by atoms with van der Waals surface area (Å²) in [5.74, 6) is -0.382. The van der Waals surface area contributed by atoms with Gasteiger partial charge in [-0.25, -0.2) is 0 Å². The number of thiol groups is 1. The third kappa shape index (κ3) is 4.31. The number of thioether (sulfide) groups is 1. The van der Waals surface area contributed by atoms with Crippen LogP contribution in [0.4, 0.5) is 24.5 Å². The second-order valence-corrected chi connectivity index (χ2v) is 6.82. The summed E-state index contributed by atoms with van der Waals surface area (Å²) in [6.45, 7) is 1.82. The first-order valence-corrected chi connectivity index (χ1v) is 8.22. The summed E-state index contributed by atoms with van der Waals surface area (Å²) in [6, 6.07) is 9.08. The van der Waals surface area contributed by atoms with Crippen molar-refractivity contribution in [3.63, 3.8) is 0 Å². The van der Waals surface area contributed by atoms with Crippen LogP contribution in [0.2, 0.25) is 5.02 Å². The molecule has 0 atom stereocenters. The van der Waals surface area contributed by atoms with E-state index in [0.717, 1.165) is 5.56 Å². The molecule has 0 amide bonds. The van der Waals surface area contributed by atoms with Gasteiger partial charge in [0.25, 0.3) is 0 Å². The summed E-state index contributed by atoms with van der Waals surface area (Å²) in [4.78, 5) is 1.76. The predicted octanol–water partition coefficient (Wildman–Crippen LogP) is 5.58. The molecule has 0 aliphatic heterocycles. The van der Waals surface area contributed by atoms with Gasteiger partial charge in [0.1, 0.15) is 0 Å². The van der Waals surface area contributed by atoms with Crippen molar-refractivity contribution in [1.29, 1.82) is 5.41 Å². The van der Waals surface area contributed by atoms with Gasteiger partial charge in [-0.3, -0.25) is 10.3 Å². The number of nitrogens with zero attached hydrogens (tertiary/aromatic N) is 1. The van der Waals surface area contributed by atoms with Crippen LogP contribution < -0.4 is 10.6 Å². The highest BCUT2D eigenvalue weighted by Gasteiger charge is 2.30. The molecule has 0 aliphatic rings. The Balaban J connectivity index is 2.58. The van der Waals surface area contributed by atoms with E-state index in [9.17, 15) is 13.2 Å². The average Bonchev–Trinajstić information content (AvgIpc) is 2.45. The first-order valence-electron chi connectivity index (χ1n) is 6.58. The predicted molar refractivity (Wildman–Crippen MR) is 95.8 cm³/mol. The maximum Gasteiger partial charge on any atom is 0.446 e. The smallest absolute Gasteiger partial charge is 0.369 e. The fourth-order valence-electron chi connectivity index (χ4n) is 2.07. The van der Waals surface area contributed by atoms with Gasteiger partial charge in [-0.2, -0.15) is 13.2 Å². The molecule has 0 aromatic heterocycles. The van der Waals surface area contributed by atoms with E-state index in [1.54, 1.807) is 12.1 Å². The van der Waals surface area contributed by atoms with Crippen LogP contribution >= 0.6 is 36.0 Å². The normalized spacial score (nSPS) is 11.4. The number of rotatable bonds is 3. The van der Waals surface area contributed by atoms with Crippen LogP contribution in [0.5, 0.6) is 0 Å². The molecule has 0 spiro atoms. The number of nitrogens with two attached hydrogens (primary N) is 1. The SMILES string of the molecule is Cc1cccc(N(C(=N)N)c2cc(SC(F)(F)F)ccc2Cl)c1S. The Kier molecular flexibility index (Phi) is 5.62. The summed E-state index contributed by atoms with van der Waals surface area (Å²) >= 11 is 10.3. The number of alkyl halides is 3. The molecular formula is C15H13ClF3N3S2. The van der Waals surface area contributed by atoms with Gasteiger partial charge in [0.15, 0.2) is 5.96 Å². The summed E-state index contributed by atoms with van der Waals surface area (Å²) < 4.78 is 37.8. The lowest BCUT2D eigenvalue weighted by atomic mass is 10.2. The topological polar surface area (TPSA) is 53.1 Å². The first-order chi connectivity index (χ1) is 11.1. The zero-order valence-corrected chi connectivity index (χ0v) is 14.8. The maximum absolute atomic E-state index is 12.6. The van der Waals surface area contributed by atoms with E-state index in [-0.39, 0.29) is 33.3 Å². The fourth-order valence-corrected chi connectivity index (χ4v) is 3.10. The minimum Gasteiger partial charge on any atom is -0.369 e. The van der Waals surface area contributed by atoms with Gasteiger partial charge in [0.2, 0.25) is 0 Å². The second kappa shape index (κ2) is 7.16. The Labute approximate surface area is 151 Å². The van der Waals surface area contributed by atoms with Crippen molar-refractivity contribution < 1.29 is 13.2 Å². The van der Waals surface area contributed by atoms with Crippen molar-refractivity contribution >= 4 is 53.3 Å². The Morgan fingerprint density at radius 3 is 2.50 bits per heavy atom. The number of guanidine groups is 1. The highest BCUT2D eigenvalue weighted by molar-refractivity contribution is 8.00. The molecule has 3 nitrogen and oxygen atoms in total. The van der Waals surface area contributed by atoms with E-state index < -0.39 is 5.51 Å². The number of benzene rings is 2. The molecule has 2 rings (SSSR count). The average molecular weight is 392 g/mol. The van der Waals surface area contributed by atoms with Crippen molar-refractivity contribution in [1.82, 2.24) is 0 Å². The third-order valence-electron chi connectivity index (χ3n) is 3.09. The van der Waals surface area contributed by atoms with E-state index in [0.29, 0.717) is 10.6 Å². The van der Waals surface area contributed by atoms with Gasteiger partial charge < -0.3 is 5.73 Å². The standard InChI is InChI=1S/C15H13ClF3N3S2/c1-8-3-2-4-11(13(8)23)22(14(20)21)12-7-9(5-6-10(12)16)24-15(17,18)19/h2-7,23H,1H3,(H3,20,21).